The first-order valence-electron chi connectivity index (χ1n) is 8.49. The van der Waals surface area contributed by atoms with E-state index in [9.17, 15) is 4.39 Å². The van der Waals surface area contributed by atoms with Crippen LogP contribution in [-0.2, 0) is 0 Å². The van der Waals surface area contributed by atoms with E-state index < -0.39 is 0 Å². The largest absolute Gasteiger partial charge is 0.393 e. The Morgan fingerprint density at radius 2 is 1.59 bits per heavy atom. The fourth-order valence-corrected chi connectivity index (χ4v) is 3.09. The van der Waals surface area contributed by atoms with Gasteiger partial charge in [0.25, 0.3) is 0 Å². The molecule has 1 fully saturated rings. The average molecular weight is 366 g/mol. The van der Waals surface area contributed by atoms with Gasteiger partial charge >= 0.3 is 0 Å². The number of piperazine rings is 1. The van der Waals surface area contributed by atoms with E-state index in [2.05, 4.69) is 19.8 Å². The molecular formula is C18H19FN8. The fraction of sp³-hybridized carbons (Fsp3) is 0.333. The van der Waals surface area contributed by atoms with Crippen LogP contribution >= 0.6 is 0 Å². The van der Waals surface area contributed by atoms with Crippen molar-refractivity contribution in [1.82, 2.24) is 9.97 Å². The molecular weight excluding hydrogens is 347 g/mol. The first-order chi connectivity index (χ1) is 13.1. The Kier molecular flexibility index (Phi) is 5.53. The number of anilines is 4. The SMILES string of the molecule is N#CCN(CC#N)c1ncnc(N2CCN(c3ccc(F)cc3)CC2)c1N. The lowest BCUT2D eigenvalue weighted by atomic mass is 10.2. The zero-order valence-corrected chi connectivity index (χ0v) is 14.7. The zero-order chi connectivity index (χ0) is 19.2. The summed E-state index contributed by atoms with van der Waals surface area (Å²) in [6.07, 6.45) is 1.40. The summed E-state index contributed by atoms with van der Waals surface area (Å²) in [5.74, 6) is 0.738. The van der Waals surface area contributed by atoms with E-state index in [1.165, 1.54) is 23.4 Å². The molecule has 1 aliphatic rings. The molecule has 3 rings (SSSR count). The Morgan fingerprint density at radius 3 is 2.19 bits per heavy atom. The number of halogens is 1. The van der Waals surface area contributed by atoms with Crippen molar-refractivity contribution in [3.8, 4) is 12.1 Å². The first kappa shape index (κ1) is 18.2. The van der Waals surface area contributed by atoms with Crippen molar-refractivity contribution in [2.45, 2.75) is 0 Å². The van der Waals surface area contributed by atoms with Gasteiger partial charge in [-0.15, -0.1) is 0 Å². The summed E-state index contributed by atoms with van der Waals surface area (Å²) in [4.78, 5) is 14.2. The summed E-state index contributed by atoms with van der Waals surface area (Å²) in [5, 5.41) is 17.9. The number of benzene rings is 1. The minimum absolute atomic E-state index is 0.0204. The fourth-order valence-electron chi connectivity index (χ4n) is 3.09. The van der Waals surface area contributed by atoms with Crippen LogP contribution in [0.4, 0.5) is 27.4 Å². The number of nitriles is 2. The average Bonchev–Trinajstić information content (AvgIpc) is 2.69. The molecule has 1 saturated heterocycles. The van der Waals surface area contributed by atoms with E-state index in [0.717, 1.165) is 18.8 Å². The van der Waals surface area contributed by atoms with E-state index >= 15 is 0 Å². The van der Waals surface area contributed by atoms with Crippen molar-refractivity contribution < 1.29 is 4.39 Å². The maximum atomic E-state index is 13.1. The van der Waals surface area contributed by atoms with Crippen LogP contribution in [0.15, 0.2) is 30.6 Å². The second-order valence-electron chi connectivity index (χ2n) is 6.06. The summed E-state index contributed by atoms with van der Waals surface area (Å²) in [5.41, 5.74) is 7.59. The van der Waals surface area contributed by atoms with Crippen molar-refractivity contribution in [3.63, 3.8) is 0 Å². The molecule has 2 aromatic rings. The topological polar surface area (TPSA) is 109 Å². The van der Waals surface area contributed by atoms with Crippen LogP contribution < -0.4 is 20.4 Å². The molecule has 0 saturated carbocycles. The molecule has 0 radical (unpaired) electrons. The highest BCUT2D eigenvalue weighted by Crippen LogP contribution is 2.30. The van der Waals surface area contributed by atoms with Gasteiger partial charge in [-0.1, -0.05) is 0 Å². The van der Waals surface area contributed by atoms with Crippen molar-refractivity contribution in [3.05, 3.63) is 36.4 Å². The van der Waals surface area contributed by atoms with Gasteiger partial charge in [0.05, 0.1) is 12.1 Å². The van der Waals surface area contributed by atoms with Gasteiger partial charge in [-0.25, -0.2) is 14.4 Å². The predicted octanol–water partition coefficient (Wildman–Crippen LogP) is 1.38. The lowest BCUT2D eigenvalue weighted by molar-refractivity contribution is 0.624. The van der Waals surface area contributed by atoms with Gasteiger partial charge in [-0.3, -0.25) is 0 Å². The van der Waals surface area contributed by atoms with Crippen molar-refractivity contribution in [2.75, 3.05) is 59.7 Å². The Bertz CT molecular complexity index is 846. The molecule has 0 aliphatic carbocycles. The molecule has 2 heterocycles. The smallest absolute Gasteiger partial charge is 0.159 e. The number of nitrogens with two attached hydrogens (primary N) is 1. The van der Waals surface area contributed by atoms with Crippen LogP contribution in [0.2, 0.25) is 0 Å². The van der Waals surface area contributed by atoms with E-state index in [-0.39, 0.29) is 18.9 Å². The maximum Gasteiger partial charge on any atom is 0.159 e. The van der Waals surface area contributed by atoms with Crippen LogP contribution in [0.3, 0.4) is 0 Å². The van der Waals surface area contributed by atoms with Gasteiger partial charge in [0.2, 0.25) is 0 Å². The van der Waals surface area contributed by atoms with Gasteiger partial charge in [-0.2, -0.15) is 10.5 Å². The third-order valence-corrected chi connectivity index (χ3v) is 4.44. The Labute approximate surface area is 156 Å². The maximum absolute atomic E-state index is 13.1. The summed E-state index contributed by atoms with van der Waals surface area (Å²) >= 11 is 0. The van der Waals surface area contributed by atoms with Crippen LogP contribution in [-0.4, -0.2) is 49.2 Å². The molecule has 8 nitrogen and oxygen atoms in total. The van der Waals surface area contributed by atoms with Gasteiger partial charge in [0.15, 0.2) is 11.6 Å². The minimum atomic E-state index is -0.252. The quantitative estimate of drug-likeness (QED) is 0.791. The van der Waals surface area contributed by atoms with Crippen molar-refractivity contribution in [2.24, 2.45) is 0 Å². The standard InChI is InChI=1S/C18H19FN8/c19-14-1-3-15(4-2-14)25-9-11-27(12-10-25)18-16(22)17(23-13-24-18)26(7-5-20)8-6-21/h1-4,13H,7-12,22H2. The molecule has 0 atom stereocenters. The van der Waals surface area contributed by atoms with Gasteiger partial charge < -0.3 is 20.4 Å². The molecule has 9 heteroatoms. The molecule has 1 aromatic carbocycles. The first-order valence-corrected chi connectivity index (χ1v) is 8.49. The molecule has 138 valence electrons. The summed E-state index contributed by atoms with van der Waals surface area (Å²) in [7, 11) is 0. The van der Waals surface area contributed by atoms with E-state index in [0.29, 0.717) is 30.4 Å². The number of aromatic nitrogens is 2. The summed E-state index contributed by atoms with van der Waals surface area (Å²) in [6.45, 7) is 2.90. The second kappa shape index (κ2) is 8.19. The molecule has 1 aromatic heterocycles. The van der Waals surface area contributed by atoms with E-state index in [4.69, 9.17) is 16.3 Å². The molecule has 27 heavy (non-hydrogen) atoms. The molecule has 0 spiro atoms. The van der Waals surface area contributed by atoms with Gasteiger partial charge in [-0.05, 0) is 24.3 Å². The number of nitrogens with zero attached hydrogens (tertiary/aromatic N) is 7. The van der Waals surface area contributed by atoms with E-state index in [1.807, 2.05) is 12.1 Å². The van der Waals surface area contributed by atoms with Crippen LogP contribution in [0, 0.1) is 28.5 Å². The lowest BCUT2D eigenvalue weighted by Crippen LogP contribution is -2.47. The summed E-state index contributed by atoms with van der Waals surface area (Å²) in [6, 6.07) is 10.5. The van der Waals surface area contributed by atoms with Gasteiger partial charge in [0, 0.05) is 31.9 Å². The van der Waals surface area contributed by atoms with E-state index in [1.54, 1.807) is 12.1 Å². The zero-order valence-electron chi connectivity index (χ0n) is 14.7. The van der Waals surface area contributed by atoms with Crippen molar-refractivity contribution >= 4 is 23.0 Å². The normalized spacial score (nSPS) is 13.7. The molecule has 0 bridgehead atoms. The second-order valence-corrected chi connectivity index (χ2v) is 6.06. The number of nitrogen functional groups attached to an aromatic ring is 1. The highest BCUT2D eigenvalue weighted by atomic mass is 19.1. The third-order valence-electron chi connectivity index (χ3n) is 4.44. The third kappa shape index (κ3) is 3.98. The van der Waals surface area contributed by atoms with Crippen LogP contribution in [0.25, 0.3) is 0 Å². The highest BCUT2D eigenvalue weighted by molar-refractivity contribution is 5.76. The Balaban J connectivity index is 1.74. The molecule has 0 unspecified atom stereocenters. The molecule has 0 amide bonds. The Hall–Kier alpha value is -3.59. The highest BCUT2D eigenvalue weighted by Gasteiger charge is 2.23. The number of rotatable bonds is 5. The van der Waals surface area contributed by atoms with Crippen LogP contribution in [0.1, 0.15) is 0 Å². The van der Waals surface area contributed by atoms with Crippen molar-refractivity contribution in [1.29, 1.82) is 10.5 Å². The number of hydrogen-bond donors (Lipinski definition) is 1. The molecule has 1 aliphatic heterocycles. The van der Waals surface area contributed by atoms with Crippen LogP contribution in [0.5, 0.6) is 0 Å². The van der Waals surface area contributed by atoms with Gasteiger partial charge in [0.1, 0.15) is 30.9 Å². The minimum Gasteiger partial charge on any atom is -0.393 e. The lowest BCUT2D eigenvalue weighted by Gasteiger charge is -2.37. The summed E-state index contributed by atoms with van der Waals surface area (Å²) < 4.78 is 13.1. The predicted molar refractivity (Wildman–Crippen MR) is 101 cm³/mol. The monoisotopic (exact) mass is 366 g/mol. The Morgan fingerprint density at radius 1 is 1.00 bits per heavy atom. The number of hydrogen-bond acceptors (Lipinski definition) is 8. The molecule has 2 N–H and O–H groups in total.